The second kappa shape index (κ2) is 3.36. The highest BCUT2D eigenvalue weighted by Gasteiger charge is 2.22. The number of hydrogen-bond acceptors (Lipinski definition) is 1. The van der Waals surface area contributed by atoms with E-state index in [2.05, 4.69) is 36.4 Å². The fourth-order valence-corrected chi connectivity index (χ4v) is 2.92. The number of phenols is 1. The molecule has 0 aromatic heterocycles. The van der Waals surface area contributed by atoms with E-state index in [0.717, 1.165) is 22.8 Å². The molecule has 0 radical (unpaired) electrons. The lowest BCUT2D eigenvalue weighted by Gasteiger charge is -2.07. The molecule has 0 spiro atoms. The summed E-state index contributed by atoms with van der Waals surface area (Å²) in [5.41, 5.74) is 4.81. The Morgan fingerprint density at radius 1 is 0.833 bits per heavy atom. The van der Waals surface area contributed by atoms with Crippen molar-refractivity contribution < 1.29 is 5.11 Å². The van der Waals surface area contributed by atoms with E-state index >= 15 is 0 Å². The zero-order valence-electron chi connectivity index (χ0n) is 9.85. The summed E-state index contributed by atoms with van der Waals surface area (Å²) in [6.07, 6.45) is 0.835. The predicted molar refractivity (Wildman–Crippen MR) is 73.9 cm³/mol. The van der Waals surface area contributed by atoms with Gasteiger partial charge in [0.15, 0.2) is 0 Å². The molecule has 1 aliphatic carbocycles. The van der Waals surface area contributed by atoms with E-state index in [9.17, 15) is 5.11 Å². The molecule has 1 nitrogen and oxygen atoms in total. The maximum atomic E-state index is 10.4. The first kappa shape index (κ1) is 9.72. The monoisotopic (exact) mass is 232 g/mol. The zero-order chi connectivity index (χ0) is 12.1. The first-order chi connectivity index (χ1) is 8.84. The van der Waals surface area contributed by atoms with Crippen LogP contribution in [0, 0.1) is 0 Å². The molecule has 1 heteroatoms. The quantitative estimate of drug-likeness (QED) is 0.483. The lowest BCUT2D eigenvalue weighted by Crippen LogP contribution is -1.84. The average molecular weight is 232 g/mol. The summed E-state index contributed by atoms with van der Waals surface area (Å²) in [7, 11) is 0. The van der Waals surface area contributed by atoms with Crippen molar-refractivity contribution >= 4 is 10.8 Å². The van der Waals surface area contributed by atoms with Gasteiger partial charge in [-0.2, -0.15) is 0 Å². The molecule has 0 amide bonds. The van der Waals surface area contributed by atoms with E-state index in [1.807, 2.05) is 18.2 Å². The summed E-state index contributed by atoms with van der Waals surface area (Å²) in [6, 6.07) is 18.6. The second-order valence-corrected chi connectivity index (χ2v) is 4.81. The Labute approximate surface area is 105 Å². The molecule has 0 heterocycles. The van der Waals surface area contributed by atoms with Gasteiger partial charge in [-0.1, -0.05) is 48.5 Å². The van der Waals surface area contributed by atoms with E-state index in [0.29, 0.717) is 5.75 Å². The summed E-state index contributed by atoms with van der Waals surface area (Å²) in [5, 5.41) is 12.5. The van der Waals surface area contributed by atoms with Crippen molar-refractivity contribution in [2.24, 2.45) is 0 Å². The summed E-state index contributed by atoms with van der Waals surface area (Å²) in [6.45, 7) is 0. The van der Waals surface area contributed by atoms with Crippen LogP contribution in [0.5, 0.6) is 5.75 Å². The third kappa shape index (κ3) is 1.16. The Balaban J connectivity index is 2.13. The van der Waals surface area contributed by atoms with Crippen LogP contribution in [-0.2, 0) is 6.42 Å². The molecular weight excluding hydrogens is 220 g/mol. The lowest BCUT2D eigenvalue weighted by atomic mass is 9.99. The first-order valence-corrected chi connectivity index (χ1v) is 6.16. The number of aromatic hydroxyl groups is 1. The fourth-order valence-electron chi connectivity index (χ4n) is 2.92. The van der Waals surface area contributed by atoms with Crippen LogP contribution in [0.2, 0.25) is 0 Å². The SMILES string of the molecule is Oc1c2c(cc3ccccc13)-c1ccccc1C2. The molecule has 3 aromatic carbocycles. The fraction of sp³-hybridized carbons (Fsp3) is 0.0588. The van der Waals surface area contributed by atoms with Crippen molar-refractivity contribution in [1.29, 1.82) is 0 Å². The van der Waals surface area contributed by atoms with E-state index < -0.39 is 0 Å². The standard InChI is InChI=1S/C17H12O/c18-17-14-8-4-2-6-12(14)9-15-13-7-3-1-5-11(13)10-16(15)17/h1-9,18H,10H2. The first-order valence-electron chi connectivity index (χ1n) is 6.16. The lowest BCUT2D eigenvalue weighted by molar-refractivity contribution is 0.477. The summed E-state index contributed by atoms with van der Waals surface area (Å²) < 4.78 is 0. The number of fused-ring (bicyclic) bond motifs is 4. The molecule has 0 bridgehead atoms. The summed E-state index contributed by atoms with van der Waals surface area (Å²) >= 11 is 0. The largest absolute Gasteiger partial charge is 0.507 e. The number of phenolic OH excluding ortho intramolecular Hbond substituents is 1. The summed E-state index contributed by atoms with van der Waals surface area (Å²) in [4.78, 5) is 0. The molecule has 1 N–H and O–H groups in total. The molecule has 0 saturated heterocycles. The van der Waals surface area contributed by atoms with Gasteiger partial charge in [0.25, 0.3) is 0 Å². The summed E-state index contributed by atoms with van der Waals surface area (Å²) in [5.74, 6) is 0.444. The van der Waals surface area contributed by atoms with Crippen molar-refractivity contribution in [2.75, 3.05) is 0 Å². The number of rotatable bonds is 0. The van der Waals surface area contributed by atoms with E-state index in [4.69, 9.17) is 0 Å². The van der Waals surface area contributed by atoms with Crippen LogP contribution in [0.4, 0.5) is 0 Å². The molecule has 4 rings (SSSR count). The van der Waals surface area contributed by atoms with Gasteiger partial charge < -0.3 is 5.11 Å². The third-order valence-electron chi connectivity index (χ3n) is 3.80. The maximum absolute atomic E-state index is 10.4. The van der Waals surface area contributed by atoms with Crippen LogP contribution in [0.25, 0.3) is 21.9 Å². The van der Waals surface area contributed by atoms with Gasteiger partial charge >= 0.3 is 0 Å². The minimum absolute atomic E-state index is 0.444. The topological polar surface area (TPSA) is 20.2 Å². The van der Waals surface area contributed by atoms with Crippen molar-refractivity contribution in [1.82, 2.24) is 0 Å². The van der Waals surface area contributed by atoms with E-state index in [-0.39, 0.29) is 0 Å². The molecule has 0 saturated carbocycles. The molecule has 0 fully saturated rings. The minimum atomic E-state index is 0.444. The van der Waals surface area contributed by atoms with Gasteiger partial charge in [-0.3, -0.25) is 0 Å². The maximum Gasteiger partial charge on any atom is 0.127 e. The zero-order valence-corrected chi connectivity index (χ0v) is 9.85. The Morgan fingerprint density at radius 2 is 1.61 bits per heavy atom. The normalized spacial score (nSPS) is 12.4. The van der Waals surface area contributed by atoms with E-state index in [1.165, 1.54) is 16.7 Å². The molecule has 1 aliphatic rings. The van der Waals surface area contributed by atoms with Crippen LogP contribution in [-0.4, -0.2) is 5.11 Å². The van der Waals surface area contributed by atoms with Gasteiger partial charge in [-0.05, 0) is 28.1 Å². The van der Waals surface area contributed by atoms with Crippen LogP contribution in [0.1, 0.15) is 11.1 Å². The van der Waals surface area contributed by atoms with Crippen LogP contribution < -0.4 is 0 Å². The molecule has 0 unspecified atom stereocenters. The molecule has 0 aliphatic heterocycles. The van der Waals surface area contributed by atoms with Crippen LogP contribution >= 0.6 is 0 Å². The highest BCUT2D eigenvalue weighted by molar-refractivity contribution is 5.96. The van der Waals surface area contributed by atoms with Gasteiger partial charge in [0.1, 0.15) is 5.75 Å². The predicted octanol–water partition coefficient (Wildman–Crippen LogP) is 4.12. The van der Waals surface area contributed by atoms with Crippen molar-refractivity contribution in [3.63, 3.8) is 0 Å². The molecule has 18 heavy (non-hydrogen) atoms. The number of hydrogen-bond donors (Lipinski definition) is 1. The van der Waals surface area contributed by atoms with Crippen LogP contribution in [0.3, 0.4) is 0 Å². The Bertz CT molecular complexity index is 772. The Morgan fingerprint density at radius 3 is 2.56 bits per heavy atom. The molecular formula is C17H12O. The second-order valence-electron chi connectivity index (χ2n) is 4.81. The molecule has 0 atom stereocenters. The third-order valence-corrected chi connectivity index (χ3v) is 3.80. The number of benzene rings is 3. The highest BCUT2D eigenvalue weighted by atomic mass is 16.3. The van der Waals surface area contributed by atoms with Crippen LogP contribution in [0.15, 0.2) is 54.6 Å². The molecule has 3 aromatic rings. The minimum Gasteiger partial charge on any atom is -0.507 e. The highest BCUT2D eigenvalue weighted by Crippen LogP contribution is 2.44. The molecule has 86 valence electrons. The van der Waals surface area contributed by atoms with Crippen molar-refractivity contribution in [3.8, 4) is 16.9 Å². The Kier molecular flexibility index (Phi) is 1.81. The smallest absolute Gasteiger partial charge is 0.127 e. The van der Waals surface area contributed by atoms with E-state index in [1.54, 1.807) is 0 Å². The van der Waals surface area contributed by atoms with Crippen molar-refractivity contribution in [2.45, 2.75) is 6.42 Å². The van der Waals surface area contributed by atoms with Gasteiger partial charge in [-0.15, -0.1) is 0 Å². The Hall–Kier alpha value is -2.28. The average Bonchev–Trinajstić information content (AvgIpc) is 2.79. The van der Waals surface area contributed by atoms with Gasteiger partial charge in [0.2, 0.25) is 0 Å². The van der Waals surface area contributed by atoms with Gasteiger partial charge in [-0.25, -0.2) is 0 Å². The van der Waals surface area contributed by atoms with Crippen molar-refractivity contribution in [3.05, 3.63) is 65.7 Å². The van der Waals surface area contributed by atoms with Gasteiger partial charge in [0.05, 0.1) is 0 Å². The van der Waals surface area contributed by atoms with Gasteiger partial charge in [0, 0.05) is 17.4 Å².